The molecule has 0 saturated carbocycles. The Morgan fingerprint density at radius 3 is 2.95 bits per heavy atom. The summed E-state index contributed by atoms with van der Waals surface area (Å²) in [6.45, 7) is 5.08. The summed E-state index contributed by atoms with van der Waals surface area (Å²) >= 11 is 5.84. The number of carbonyl (C=O) groups is 1. The Kier molecular flexibility index (Phi) is 5.01. The highest BCUT2D eigenvalue weighted by molar-refractivity contribution is 6.17. The molecule has 0 bridgehead atoms. The van der Waals surface area contributed by atoms with Gasteiger partial charge in [0.2, 0.25) is 5.91 Å². The van der Waals surface area contributed by atoms with E-state index in [1.807, 2.05) is 36.6 Å². The Labute approximate surface area is 124 Å². The zero-order valence-electron chi connectivity index (χ0n) is 11.9. The van der Waals surface area contributed by atoms with Gasteiger partial charge in [-0.25, -0.2) is 4.98 Å². The Balaban J connectivity index is 2.37. The maximum Gasteiger partial charge on any atom is 0.240 e. The summed E-state index contributed by atoms with van der Waals surface area (Å²) < 4.78 is 1.98. The molecule has 5 heteroatoms. The van der Waals surface area contributed by atoms with Crippen LogP contribution in [0.15, 0.2) is 18.2 Å². The van der Waals surface area contributed by atoms with Crippen molar-refractivity contribution in [2.75, 3.05) is 12.4 Å². The largest absolute Gasteiger partial charge is 0.355 e. The topological polar surface area (TPSA) is 46.9 Å². The monoisotopic (exact) mass is 293 g/mol. The van der Waals surface area contributed by atoms with E-state index in [9.17, 15) is 4.79 Å². The van der Waals surface area contributed by atoms with Gasteiger partial charge in [0.15, 0.2) is 0 Å². The van der Waals surface area contributed by atoms with Crippen LogP contribution in [0.4, 0.5) is 0 Å². The van der Waals surface area contributed by atoms with Crippen molar-refractivity contribution in [2.45, 2.75) is 33.2 Å². The number of alkyl halides is 1. The number of fused-ring (bicyclic) bond motifs is 1. The van der Waals surface area contributed by atoms with Crippen LogP contribution in [0.2, 0.25) is 0 Å². The number of hydrogen-bond donors (Lipinski definition) is 1. The predicted molar refractivity (Wildman–Crippen MR) is 82.2 cm³/mol. The number of nitrogens with one attached hydrogen (secondary N) is 1. The first-order chi connectivity index (χ1) is 9.67. The lowest BCUT2D eigenvalue weighted by molar-refractivity contribution is -0.121. The van der Waals surface area contributed by atoms with Crippen molar-refractivity contribution in [1.29, 1.82) is 0 Å². The summed E-state index contributed by atoms with van der Waals surface area (Å²) in [4.78, 5) is 16.6. The zero-order valence-corrected chi connectivity index (χ0v) is 12.7. The molecule has 0 radical (unpaired) electrons. The summed E-state index contributed by atoms with van der Waals surface area (Å²) in [6, 6.07) is 5.99. The van der Waals surface area contributed by atoms with Gasteiger partial charge >= 0.3 is 0 Å². The van der Waals surface area contributed by atoms with E-state index in [-0.39, 0.29) is 5.91 Å². The number of para-hydroxylation sites is 1. The van der Waals surface area contributed by atoms with Gasteiger partial charge < -0.3 is 9.88 Å². The Bertz CT molecular complexity index is 606. The molecule has 2 rings (SSSR count). The number of benzene rings is 1. The molecule has 1 aromatic carbocycles. The van der Waals surface area contributed by atoms with Gasteiger partial charge in [0.1, 0.15) is 12.4 Å². The normalized spacial score (nSPS) is 10.9. The van der Waals surface area contributed by atoms with Crippen LogP contribution in [0, 0.1) is 6.92 Å². The highest BCUT2D eigenvalue weighted by Gasteiger charge is 2.14. The number of imidazole rings is 1. The van der Waals surface area contributed by atoms with Crippen LogP contribution in [-0.4, -0.2) is 27.9 Å². The van der Waals surface area contributed by atoms with Crippen molar-refractivity contribution in [2.24, 2.45) is 0 Å². The van der Waals surface area contributed by atoms with Gasteiger partial charge in [-0.2, -0.15) is 0 Å². The smallest absolute Gasteiger partial charge is 0.240 e. The van der Waals surface area contributed by atoms with E-state index in [4.69, 9.17) is 11.6 Å². The number of rotatable bonds is 6. The number of nitrogens with zero attached hydrogens (tertiary/aromatic N) is 2. The highest BCUT2D eigenvalue weighted by atomic mass is 35.5. The maximum atomic E-state index is 12.0. The maximum absolute atomic E-state index is 12.0. The second-order valence-electron chi connectivity index (χ2n) is 4.85. The number of hydrogen-bond acceptors (Lipinski definition) is 2. The van der Waals surface area contributed by atoms with Crippen LogP contribution < -0.4 is 5.32 Å². The first kappa shape index (κ1) is 14.9. The first-order valence-corrected chi connectivity index (χ1v) is 7.48. The van der Waals surface area contributed by atoms with Crippen LogP contribution in [0.25, 0.3) is 11.0 Å². The average molecular weight is 294 g/mol. The lowest BCUT2D eigenvalue weighted by Gasteiger charge is -2.10. The fraction of sp³-hybridized carbons (Fsp3) is 0.467. The van der Waals surface area contributed by atoms with Gasteiger partial charge in [0.05, 0.1) is 11.0 Å². The minimum absolute atomic E-state index is 0.0187. The van der Waals surface area contributed by atoms with Crippen LogP contribution in [0.3, 0.4) is 0 Å². The number of aromatic nitrogens is 2. The van der Waals surface area contributed by atoms with Crippen LogP contribution in [-0.2, 0) is 17.8 Å². The van der Waals surface area contributed by atoms with Gasteiger partial charge in [0, 0.05) is 18.8 Å². The zero-order chi connectivity index (χ0) is 14.5. The molecular formula is C15H20ClN3O. The van der Waals surface area contributed by atoms with E-state index in [0.29, 0.717) is 25.4 Å². The molecule has 108 valence electrons. The van der Waals surface area contributed by atoms with E-state index in [1.54, 1.807) is 0 Å². The molecular weight excluding hydrogens is 274 g/mol. The number of amides is 1. The molecule has 0 aliphatic heterocycles. The van der Waals surface area contributed by atoms with Gasteiger partial charge in [-0.1, -0.05) is 19.1 Å². The molecule has 0 unspecified atom stereocenters. The molecule has 1 amide bonds. The first-order valence-electron chi connectivity index (χ1n) is 6.94. The van der Waals surface area contributed by atoms with E-state index in [1.165, 1.54) is 0 Å². The van der Waals surface area contributed by atoms with Gasteiger partial charge in [0.25, 0.3) is 0 Å². The van der Waals surface area contributed by atoms with E-state index < -0.39 is 0 Å². The van der Waals surface area contributed by atoms with Crippen molar-refractivity contribution in [3.05, 3.63) is 29.6 Å². The third-order valence-corrected chi connectivity index (χ3v) is 3.43. The van der Waals surface area contributed by atoms with E-state index >= 15 is 0 Å². The fourth-order valence-corrected chi connectivity index (χ4v) is 2.49. The molecule has 1 N–H and O–H groups in total. The SMILES string of the molecule is CCCNC(=O)Cn1c(CCCl)nc2cccc(C)c21. The van der Waals surface area contributed by atoms with E-state index in [0.717, 1.165) is 28.8 Å². The lowest BCUT2D eigenvalue weighted by atomic mass is 10.2. The van der Waals surface area contributed by atoms with Crippen LogP contribution in [0.1, 0.15) is 24.7 Å². The van der Waals surface area contributed by atoms with Crippen molar-refractivity contribution in [3.8, 4) is 0 Å². The molecule has 0 aliphatic carbocycles. The molecule has 1 aromatic heterocycles. The van der Waals surface area contributed by atoms with Crippen molar-refractivity contribution in [3.63, 3.8) is 0 Å². The number of aryl methyl sites for hydroxylation is 2. The van der Waals surface area contributed by atoms with Crippen LogP contribution >= 0.6 is 11.6 Å². The van der Waals surface area contributed by atoms with Crippen molar-refractivity contribution in [1.82, 2.24) is 14.9 Å². The summed E-state index contributed by atoms with van der Waals surface area (Å²) in [5.74, 6) is 1.39. The second kappa shape index (κ2) is 6.75. The van der Waals surface area contributed by atoms with Gasteiger partial charge in [-0.15, -0.1) is 11.6 Å². The third-order valence-electron chi connectivity index (χ3n) is 3.24. The molecule has 20 heavy (non-hydrogen) atoms. The molecule has 0 saturated heterocycles. The Hall–Kier alpha value is -1.55. The van der Waals surface area contributed by atoms with E-state index in [2.05, 4.69) is 10.3 Å². The summed E-state index contributed by atoms with van der Waals surface area (Å²) in [5, 5.41) is 2.90. The number of halogens is 1. The molecule has 0 fully saturated rings. The average Bonchev–Trinajstić information content (AvgIpc) is 2.76. The summed E-state index contributed by atoms with van der Waals surface area (Å²) in [5.41, 5.74) is 3.08. The number of carbonyl (C=O) groups excluding carboxylic acids is 1. The fourth-order valence-electron chi connectivity index (χ4n) is 2.32. The second-order valence-corrected chi connectivity index (χ2v) is 5.22. The van der Waals surface area contributed by atoms with Gasteiger partial charge in [-0.3, -0.25) is 4.79 Å². The highest BCUT2D eigenvalue weighted by Crippen LogP contribution is 2.20. The Morgan fingerprint density at radius 2 is 2.25 bits per heavy atom. The molecule has 0 spiro atoms. The molecule has 0 aliphatic rings. The predicted octanol–water partition coefficient (Wildman–Crippen LogP) is 2.65. The molecule has 1 heterocycles. The molecule has 2 aromatic rings. The Morgan fingerprint density at radius 1 is 1.45 bits per heavy atom. The summed E-state index contributed by atoms with van der Waals surface area (Å²) in [6.07, 6.45) is 1.60. The minimum Gasteiger partial charge on any atom is -0.355 e. The lowest BCUT2D eigenvalue weighted by Crippen LogP contribution is -2.28. The standard InChI is InChI=1S/C15H20ClN3O/c1-3-9-17-14(20)10-19-13(7-8-16)18-12-6-4-5-11(2)15(12)19/h4-6H,3,7-10H2,1-2H3,(H,17,20). The summed E-state index contributed by atoms with van der Waals surface area (Å²) in [7, 11) is 0. The minimum atomic E-state index is 0.0187. The molecule has 4 nitrogen and oxygen atoms in total. The van der Waals surface area contributed by atoms with Crippen LogP contribution in [0.5, 0.6) is 0 Å². The van der Waals surface area contributed by atoms with Crippen molar-refractivity contribution < 1.29 is 4.79 Å². The quantitative estimate of drug-likeness (QED) is 0.832. The third kappa shape index (κ3) is 3.12. The van der Waals surface area contributed by atoms with Gasteiger partial charge in [-0.05, 0) is 25.0 Å². The van der Waals surface area contributed by atoms with Crippen molar-refractivity contribution >= 4 is 28.5 Å². The molecule has 0 atom stereocenters.